The average molecular weight is 385 g/mol. The minimum Gasteiger partial charge on any atom is -0.460 e. The first kappa shape index (κ1) is 19.7. The second kappa shape index (κ2) is 7.92. The molecule has 0 fully saturated rings. The van der Waals surface area contributed by atoms with Gasteiger partial charge in [-0.25, -0.2) is 19.4 Å². The van der Waals surface area contributed by atoms with E-state index in [-0.39, 0.29) is 11.9 Å². The Bertz CT molecular complexity index is 887. The quantitative estimate of drug-likeness (QED) is 0.790. The molecule has 7 nitrogen and oxygen atoms in total. The number of rotatable bonds is 7. The van der Waals surface area contributed by atoms with Gasteiger partial charge in [-0.05, 0) is 55.0 Å². The first-order valence-corrected chi connectivity index (χ1v) is 9.13. The van der Waals surface area contributed by atoms with Crippen LogP contribution >= 0.6 is 0 Å². The monoisotopic (exact) mass is 385 g/mol. The fourth-order valence-electron chi connectivity index (χ4n) is 3.42. The molecule has 1 aliphatic heterocycles. The molecule has 1 aliphatic rings. The number of carbonyl (C=O) groups excluding carboxylic acids is 1. The number of nitrogens with zero attached hydrogens (tertiary/aromatic N) is 4. The molecule has 2 atom stereocenters. The highest BCUT2D eigenvalue weighted by atomic mass is 19.1. The summed E-state index contributed by atoms with van der Waals surface area (Å²) in [5, 5.41) is 0. The van der Waals surface area contributed by atoms with E-state index in [1.54, 1.807) is 31.6 Å². The Morgan fingerprint density at radius 3 is 2.61 bits per heavy atom. The summed E-state index contributed by atoms with van der Waals surface area (Å²) >= 11 is 0. The molecule has 2 N–H and O–H groups in total. The van der Waals surface area contributed by atoms with Crippen molar-refractivity contribution < 1.29 is 13.9 Å². The van der Waals surface area contributed by atoms with Gasteiger partial charge in [-0.1, -0.05) is 6.07 Å². The van der Waals surface area contributed by atoms with Gasteiger partial charge >= 0.3 is 0 Å². The highest BCUT2D eigenvalue weighted by molar-refractivity contribution is 6.06. The van der Waals surface area contributed by atoms with Gasteiger partial charge in [-0.3, -0.25) is 9.69 Å². The first-order valence-electron chi connectivity index (χ1n) is 9.13. The number of aromatic nitrogens is 2. The molecule has 0 saturated heterocycles. The number of hydrogen-bond donors (Lipinski definition) is 1. The maximum absolute atomic E-state index is 13.2. The Morgan fingerprint density at radius 2 is 2.04 bits per heavy atom. The summed E-state index contributed by atoms with van der Waals surface area (Å²) < 4.78 is 18.4. The SMILES string of the molecule is Cc1cc(C2(CCCc3cncnc3)N=C(N)N(C)C2=O)ccc1OC(C)F. The van der Waals surface area contributed by atoms with Crippen LogP contribution in [0.3, 0.4) is 0 Å². The molecular formula is C20H24FN5O2. The highest BCUT2D eigenvalue weighted by Crippen LogP contribution is 2.39. The van der Waals surface area contributed by atoms with Crippen LogP contribution in [0.1, 0.15) is 36.5 Å². The summed E-state index contributed by atoms with van der Waals surface area (Å²) in [6, 6.07) is 5.24. The third kappa shape index (κ3) is 3.81. The number of aryl methyl sites for hydroxylation is 2. The number of halogens is 1. The summed E-state index contributed by atoms with van der Waals surface area (Å²) in [5.41, 5.74) is 7.30. The molecule has 3 rings (SSSR count). The Labute approximate surface area is 163 Å². The number of guanidine groups is 1. The van der Waals surface area contributed by atoms with E-state index >= 15 is 0 Å². The number of nitrogens with two attached hydrogens (primary N) is 1. The lowest BCUT2D eigenvalue weighted by Crippen LogP contribution is -2.40. The maximum Gasteiger partial charge on any atom is 0.261 e. The highest BCUT2D eigenvalue weighted by Gasteiger charge is 2.47. The molecule has 0 aliphatic carbocycles. The summed E-state index contributed by atoms with van der Waals surface area (Å²) in [6.45, 7) is 3.13. The zero-order chi connectivity index (χ0) is 20.3. The van der Waals surface area contributed by atoms with Crippen molar-refractivity contribution >= 4 is 11.9 Å². The van der Waals surface area contributed by atoms with Crippen molar-refractivity contribution in [3.63, 3.8) is 0 Å². The number of alkyl halides is 1. The topological polar surface area (TPSA) is 93.7 Å². The second-order valence-corrected chi connectivity index (χ2v) is 6.94. The van der Waals surface area contributed by atoms with E-state index in [1.807, 2.05) is 13.0 Å². The molecule has 0 spiro atoms. The van der Waals surface area contributed by atoms with E-state index in [1.165, 1.54) is 18.2 Å². The predicted octanol–water partition coefficient (Wildman–Crippen LogP) is 2.48. The lowest BCUT2D eigenvalue weighted by atomic mass is 9.83. The molecule has 0 saturated carbocycles. The number of amides is 1. The van der Waals surface area contributed by atoms with E-state index in [4.69, 9.17) is 10.5 Å². The number of aliphatic imine (C=N–C) groups is 1. The molecule has 0 bridgehead atoms. The largest absolute Gasteiger partial charge is 0.460 e. The molecule has 0 radical (unpaired) electrons. The number of ether oxygens (including phenoxy) is 1. The first-order chi connectivity index (χ1) is 13.3. The minimum absolute atomic E-state index is 0.179. The van der Waals surface area contributed by atoms with Crippen LogP contribution in [0.25, 0.3) is 0 Å². The van der Waals surface area contributed by atoms with Crippen molar-refractivity contribution in [1.29, 1.82) is 0 Å². The van der Waals surface area contributed by atoms with Crippen molar-refractivity contribution in [2.45, 2.75) is 45.0 Å². The van der Waals surface area contributed by atoms with Crippen molar-refractivity contribution in [2.24, 2.45) is 10.7 Å². The molecule has 2 heterocycles. The van der Waals surface area contributed by atoms with Crippen LogP contribution in [0.5, 0.6) is 5.75 Å². The van der Waals surface area contributed by atoms with Crippen molar-refractivity contribution in [3.05, 3.63) is 53.6 Å². The molecule has 1 aromatic heterocycles. The van der Waals surface area contributed by atoms with Gasteiger partial charge in [0.2, 0.25) is 6.36 Å². The van der Waals surface area contributed by atoms with E-state index < -0.39 is 11.9 Å². The molecule has 2 unspecified atom stereocenters. The van der Waals surface area contributed by atoms with Gasteiger partial charge in [-0.15, -0.1) is 0 Å². The van der Waals surface area contributed by atoms with Gasteiger partial charge in [0, 0.05) is 26.4 Å². The molecule has 148 valence electrons. The summed E-state index contributed by atoms with van der Waals surface area (Å²) in [7, 11) is 1.61. The van der Waals surface area contributed by atoms with Crippen LogP contribution in [-0.2, 0) is 16.8 Å². The lowest BCUT2D eigenvalue weighted by molar-refractivity contribution is -0.130. The molecule has 8 heteroatoms. The maximum atomic E-state index is 13.2. The summed E-state index contributed by atoms with van der Waals surface area (Å²) in [5.74, 6) is 0.440. The zero-order valence-corrected chi connectivity index (χ0v) is 16.2. The Morgan fingerprint density at radius 1 is 1.32 bits per heavy atom. The fourth-order valence-corrected chi connectivity index (χ4v) is 3.42. The van der Waals surface area contributed by atoms with Gasteiger partial charge in [0.15, 0.2) is 11.5 Å². The smallest absolute Gasteiger partial charge is 0.261 e. The standard InChI is InChI=1S/C20H24FN5O2/c1-13-9-16(6-7-17(13)28-14(2)21)20(18(27)26(3)19(22)25-20)8-4-5-15-10-23-12-24-11-15/h6-7,9-12,14H,4-5,8H2,1-3H3,(H2,22,25). The normalized spacial score (nSPS) is 20.2. The third-order valence-corrected chi connectivity index (χ3v) is 4.87. The van der Waals surface area contributed by atoms with E-state index in [0.29, 0.717) is 30.6 Å². The van der Waals surface area contributed by atoms with Gasteiger partial charge in [0.1, 0.15) is 12.1 Å². The zero-order valence-electron chi connectivity index (χ0n) is 16.2. The Balaban J connectivity index is 1.89. The minimum atomic E-state index is -1.42. The van der Waals surface area contributed by atoms with Crippen LogP contribution in [0, 0.1) is 6.92 Å². The fraction of sp³-hybridized carbons (Fsp3) is 0.400. The van der Waals surface area contributed by atoms with Gasteiger partial charge < -0.3 is 10.5 Å². The average Bonchev–Trinajstić information content (AvgIpc) is 2.88. The Kier molecular flexibility index (Phi) is 5.58. The van der Waals surface area contributed by atoms with E-state index in [0.717, 1.165) is 11.1 Å². The van der Waals surface area contributed by atoms with Crippen molar-refractivity contribution in [3.8, 4) is 5.75 Å². The van der Waals surface area contributed by atoms with Crippen LogP contribution in [0.15, 0.2) is 41.9 Å². The number of likely N-dealkylation sites (N-methyl/N-ethyl adjacent to an activating group) is 1. The Hall–Kier alpha value is -3.03. The molecular weight excluding hydrogens is 361 g/mol. The molecule has 28 heavy (non-hydrogen) atoms. The molecule has 1 amide bonds. The van der Waals surface area contributed by atoms with E-state index in [2.05, 4.69) is 15.0 Å². The van der Waals surface area contributed by atoms with Crippen LogP contribution < -0.4 is 10.5 Å². The van der Waals surface area contributed by atoms with Crippen molar-refractivity contribution in [2.75, 3.05) is 7.05 Å². The van der Waals surface area contributed by atoms with Crippen molar-refractivity contribution in [1.82, 2.24) is 14.9 Å². The van der Waals surface area contributed by atoms with Crippen LogP contribution in [-0.4, -0.2) is 40.1 Å². The lowest BCUT2D eigenvalue weighted by Gasteiger charge is -2.26. The summed E-state index contributed by atoms with van der Waals surface area (Å²) in [4.78, 5) is 27.0. The second-order valence-electron chi connectivity index (χ2n) is 6.94. The predicted molar refractivity (Wildman–Crippen MR) is 103 cm³/mol. The van der Waals surface area contributed by atoms with Gasteiger partial charge in [-0.2, -0.15) is 0 Å². The number of benzene rings is 1. The van der Waals surface area contributed by atoms with Crippen LogP contribution in [0.2, 0.25) is 0 Å². The summed E-state index contributed by atoms with van der Waals surface area (Å²) in [6.07, 6.45) is 5.47. The van der Waals surface area contributed by atoms with E-state index in [9.17, 15) is 9.18 Å². The number of carbonyl (C=O) groups is 1. The third-order valence-electron chi connectivity index (χ3n) is 4.87. The number of hydrogen-bond acceptors (Lipinski definition) is 6. The van der Waals surface area contributed by atoms with Gasteiger partial charge in [0.25, 0.3) is 5.91 Å². The van der Waals surface area contributed by atoms with Gasteiger partial charge in [0.05, 0.1) is 0 Å². The van der Waals surface area contributed by atoms with Crippen LogP contribution in [0.4, 0.5) is 4.39 Å². The molecule has 2 aromatic rings. The molecule has 1 aromatic carbocycles.